The van der Waals surface area contributed by atoms with Crippen molar-refractivity contribution in [3.05, 3.63) is 45.8 Å². The van der Waals surface area contributed by atoms with Gasteiger partial charge in [-0.05, 0) is 47.5 Å². The van der Waals surface area contributed by atoms with E-state index in [9.17, 15) is 4.79 Å². The van der Waals surface area contributed by atoms with Gasteiger partial charge in [-0.1, -0.05) is 0 Å². The molecule has 2 heterocycles. The van der Waals surface area contributed by atoms with Crippen molar-refractivity contribution in [2.45, 2.75) is 13.8 Å². The highest BCUT2D eigenvalue weighted by molar-refractivity contribution is 9.10. The Kier molecular flexibility index (Phi) is 4.34. The van der Waals surface area contributed by atoms with Crippen molar-refractivity contribution in [2.75, 3.05) is 17.7 Å². The third kappa shape index (κ3) is 3.14. The minimum Gasteiger partial charge on any atom is -0.387 e. The van der Waals surface area contributed by atoms with Crippen LogP contribution in [-0.2, 0) is 0 Å². The molecule has 0 aliphatic rings. The molecule has 0 aromatic carbocycles. The van der Waals surface area contributed by atoms with E-state index in [1.807, 2.05) is 26.0 Å². The molecule has 6 heteroatoms. The van der Waals surface area contributed by atoms with E-state index in [2.05, 4.69) is 36.5 Å². The Morgan fingerprint density at radius 3 is 2.60 bits per heavy atom. The maximum Gasteiger partial charge on any atom is 0.260 e. The smallest absolute Gasteiger partial charge is 0.260 e. The van der Waals surface area contributed by atoms with Crippen molar-refractivity contribution in [3.8, 4) is 0 Å². The van der Waals surface area contributed by atoms with Crippen molar-refractivity contribution < 1.29 is 4.79 Å². The lowest BCUT2D eigenvalue weighted by Gasteiger charge is -2.10. The van der Waals surface area contributed by atoms with E-state index in [0.717, 1.165) is 21.4 Å². The highest BCUT2D eigenvalue weighted by Crippen LogP contribution is 2.19. The Labute approximate surface area is 126 Å². The number of aryl methyl sites for hydroxylation is 2. The Balaban J connectivity index is 2.25. The highest BCUT2D eigenvalue weighted by Gasteiger charge is 2.12. The molecule has 2 aromatic heterocycles. The normalized spacial score (nSPS) is 10.2. The predicted octanol–water partition coefficient (Wildman–Crippen LogP) is 3.15. The first-order valence-corrected chi connectivity index (χ1v) is 6.88. The molecule has 104 valence electrons. The minimum absolute atomic E-state index is 0.240. The molecule has 2 aromatic rings. The van der Waals surface area contributed by atoms with Crippen LogP contribution in [0, 0.1) is 13.8 Å². The zero-order valence-corrected chi connectivity index (χ0v) is 13.1. The van der Waals surface area contributed by atoms with E-state index in [-0.39, 0.29) is 5.91 Å². The van der Waals surface area contributed by atoms with Gasteiger partial charge in [-0.3, -0.25) is 9.78 Å². The second kappa shape index (κ2) is 6.00. The molecule has 0 atom stereocenters. The number of halogens is 1. The first kappa shape index (κ1) is 14.5. The number of aromatic nitrogens is 2. The van der Waals surface area contributed by atoms with Crippen LogP contribution in [0.2, 0.25) is 0 Å². The van der Waals surface area contributed by atoms with E-state index in [1.165, 1.54) is 0 Å². The molecule has 0 spiro atoms. The number of rotatable bonds is 3. The zero-order chi connectivity index (χ0) is 14.7. The first-order chi connectivity index (χ1) is 9.51. The third-order valence-corrected chi connectivity index (χ3v) is 3.67. The highest BCUT2D eigenvalue weighted by atomic mass is 79.9. The number of hydrogen-bond acceptors (Lipinski definition) is 4. The fraction of sp³-hybridized carbons (Fsp3) is 0.214. The van der Waals surface area contributed by atoms with Crippen LogP contribution < -0.4 is 10.6 Å². The SMILES string of the molecule is CNc1cc(C)ncc1C(=O)Nc1cc(C)c(Br)cn1. The van der Waals surface area contributed by atoms with Crippen molar-refractivity contribution in [3.63, 3.8) is 0 Å². The summed E-state index contributed by atoms with van der Waals surface area (Å²) >= 11 is 3.38. The first-order valence-electron chi connectivity index (χ1n) is 6.09. The molecule has 0 aliphatic heterocycles. The van der Waals surface area contributed by atoms with Gasteiger partial charge >= 0.3 is 0 Å². The van der Waals surface area contributed by atoms with Crippen molar-refractivity contribution >= 4 is 33.3 Å². The van der Waals surface area contributed by atoms with Gasteiger partial charge in [0.05, 0.1) is 11.3 Å². The van der Waals surface area contributed by atoms with E-state index in [0.29, 0.717) is 11.4 Å². The van der Waals surface area contributed by atoms with Crippen molar-refractivity contribution in [1.82, 2.24) is 9.97 Å². The van der Waals surface area contributed by atoms with Crippen LogP contribution in [0.15, 0.2) is 29.0 Å². The van der Waals surface area contributed by atoms with Crippen LogP contribution in [0.5, 0.6) is 0 Å². The van der Waals surface area contributed by atoms with Gasteiger partial charge in [0.2, 0.25) is 0 Å². The summed E-state index contributed by atoms with van der Waals surface area (Å²) < 4.78 is 0.906. The molecular weight excluding hydrogens is 320 g/mol. The number of nitrogens with zero attached hydrogens (tertiary/aromatic N) is 2. The van der Waals surface area contributed by atoms with E-state index in [4.69, 9.17) is 0 Å². The molecule has 2 rings (SSSR count). The summed E-state index contributed by atoms with van der Waals surface area (Å²) in [5.74, 6) is 0.273. The Bertz CT molecular complexity index is 658. The van der Waals surface area contributed by atoms with Crippen molar-refractivity contribution in [2.24, 2.45) is 0 Å². The predicted molar refractivity (Wildman–Crippen MR) is 83.1 cm³/mol. The maximum atomic E-state index is 12.3. The van der Waals surface area contributed by atoms with E-state index < -0.39 is 0 Å². The molecule has 0 saturated carbocycles. The Morgan fingerprint density at radius 1 is 1.20 bits per heavy atom. The summed E-state index contributed by atoms with van der Waals surface area (Å²) in [5, 5.41) is 5.76. The number of nitrogens with one attached hydrogen (secondary N) is 2. The molecule has 0 aliphatic carbocycles. The summed E-state index contributed by atoms with van der Waals surface area (Å²) in [5.41, 5.74) is 3.08. The van der Waals surface area contributed by atoms with Gasteiger partial charge in [0.25, 0.3) is 5.91 Å². The Hall–Kier alpha value is -1.95. The topological polar surface area (TPSA) is 66.9 Å². The van der Waals surface area contributed by atoms with Crippen LogP contribution >= 0.6 is 15.9 Å². The summed E-state index contributed by atoms with van der Waals surface area (Å²) in [6.07, 6.45) is 3.22. The number of amides is 1. The van der Waals surface area contributed by atoms with Crippen LogP contribution in [0.1, 0.15) is 21.6 Å². The number of hydrogen-bond donors (Lipinski definition) is 2. The average molecular weight is 335 g/mol. The maximum absolute atomic E-state index is 12.3. The van der Waals surface area contributed by atoms with E-state index in [1.54, 1.807) is 19.4 Å². The van der Waals surface area contributed by atoms with Gasteiger partial charge in [0.15, 0.2) is 0 Å². The molecule has 20 heavy (non-hydrogen) atoms. The second-order valence-corrected chi connectivity index (χ2v) is 5.25. The van der Waals surface area contributed by atoms with Gasteiger partial charge in [-0.25, -0.2) is 4.98 Å². The molecule has 0 saturated heterocycles. The molecule has 0 radical (unpaired) electrons. The lowest BCUT2D eigenvalue weighted by Crippen LogP contribution is -2.15. The molecule has 0 bridgehead atoms. The van der Waals surface area contributed by atoms with Crippen LogP contribution in [0.25, 0.3) is 0 Å². The number of carbonyl (C=O) groups excluding carboxylic acids is 1. The van der Waals surface area contributed by atoms with Crippen LogP contribution in [-0.4, -0.2) is 22.9 Å². The van der Waals surface area contributed by atoms with E-state index >= 15 is 0 Å². The summed E-state index contributed by atoms with van der Waals surface area (Å²) in [4.78, 5) is 20.6. The number of pyridine rings is 2. The van der Waals surface area contributed by atoms with Gasteiger partial charge in [-0.15, -0.1) is 0 Å². The molecule has 2 N–H and O–H groups in total. The van der Waals surface area contributed by atoms with Gasteiger partial charge in [0, 0.05) is 29.6 Å². The standard InChI is InChI=1S/C14H15BrN4O/c1-8-4-13(18-7-11(8)15)19-14(20)10-6-17-9(2)5-12(10)16-3/h4-7H,1-3H3,(H,16,17)(H,18,19,20). The fourth-order valence-corrected chi connectivity index (χ4v) is 1.96. The molecule has 0 fully saturated rings. The zero-order valence-electron chi connectivity index (χ0n) is 11.5. The van der Waals surface area contributed by atoms with Crippen LogP contribution in [0.4, 0.5) is 11.5 Å². The summed E-state index contributed by atoms with van der Waals surface area (Å²) in [6.45, 7) is 3.82. The van der Waals surface area contributed by atoms with Gasteiger partial charge < -0.3 is 10.6 Å². The third-order valence-electron chi connectivity index (χ3n) is 2.84. The van der Waals surface area contributed by atoms with Gasteiger partial charge in [-0.2, -0.15) is 0 Å². The van der Waals surface area contributed by atoms with Crippen LogP contribution in [0.3, 0.4) is 0 Å². The summed E-state index contributed by atoms with van der Waals surface area (Å²) in [7, 11) is 1.77. The largest absolute Gasteiger partial charge is 0.387 e. The second-order valence-electron chi connectivity index (χ2n) is 4.39. The number of anilines is 2. The summed E-state index contributed by atoms with van der Waals surface area (Å²) in [6, 6.07) is 3.64. The molecule has 0 unspecified atom stereocenters. The fourth-order valence-electron chi connectivity index (χ4n) is 1.74. The molecular formula is C14H15BrN4O. The lowest BCUT2D eigenvalue weighted by atomic mass is 10.2. The van der Waals surface area contributed by atoms with Crippen molar-refractivity contribution in [1.29, 1.82) is 0 Å². The quantitative estimate of drug-likeness (QED) is 0.904. The lowest BCUT2D eigenvalue weighted by molar-refractivity contribution is 0.102. The number of carbonyl (C=O) groups is 1. The Morgan fingerprint density at radius 2 is 1.95 bits per heavy atom. The van der Waals surface area contributed by atoms with Gasteiger partial charge in [0.1, 0.15) is 5.82 Å². The molecule has 5 nitrogen and oxygen atoms in total. The average Bonchev–Trinajstić information content (AvgIpc) is 2.42. The minimum atomic E-state index is -0.240. The monoisotopic (exact) mass is 334 g/mol. The molecule has 1 amide bonds.